The van der Waals surface area contributed by atoms with Gasteiger partial charge in [-0.15, -0.1) is 0 Å². The molecule has 1 aromatic carbocycles. The fourth-order valence-corrected chi connectivity index (χ4v) is 1.72. The van der Waals surface area contributed by atoms with Crippen LogP contribution in [-0.2, 0) is 0 Å². The third kappa shape index (κ3) is 3.71. The number of halogens is 1. The summed E-state index contributed by atoms with van der Waals surface area (Å²) >= 11 is 3.38. The van der Waals surface area contributed by atoms with Crippen molar-refractivity contribution < 1.29 is 4.74 Å². The van der Waals surface area contributed by atoms with Gasteiger partial charge in [0.2, 0.25) is 5.88 Å². The van der Waals surface area contributed by atoms with Gasteiger partial charge in [-0.05, 0) is 39.7 Å². The number of hydrogen-bond acceptors (Lipinski definition) is 2. The maximum Gasteiger partial charge on any atom is 0.228 e. The highest BCUT2D eigenvalue weighted by atomic mass is 79.9. The molecule has 0 amide bonds. The molecule has 0 aliphatic carbocycles. The van der Waals surface area contributed by atoms with Gasteiger partial charge in [0.1, 0.15) is 6.61 Å². The van der Waals surface area contributed by atoms with Crippen LogP contribution >= 0.6 is 15.9 Å². The number of ether oxygens (including phenoxy) is 1. The molecule has 0 fully saturated rings. The highest BCUT2D eigenvalue weighted by Crippen LogP contribution is 2.20. The molecule has 1 aromatic heterocycles. The summed E-state index contributed by atoms with van der Waals surface area (Å²) in [5.74, 6) is 0.616. The lowest BCUT2D eigenvalue weighted by molar-refractivity contribution is 0.346. The zero-order valence-electron chi connectivity index (χ0n) is 9.21. The summed E-state index contributed by atoms with van der Waals surface area (Å²) in [4.78, 5) is 4.12. The SMILES string of the molecule is Brc1cccnc1OCC=Cc1ccccc1. The van der Waals surface area contributed by atoms with E-state index < -0.39 is 0 Å². The van der Waals surface area contributed by atoms with E-state index in [0.717, 1.165) is 10.0 Å². The van der Waals surface area contributed by atoms with Crippen LogP contribution in [0, 0.1) is 0 Å². The monoisotopic (exact) mass is 289 g/mol. The maximum absolute atomic E-state index is 5.51. The average Bonchev–Trinajstić information content (AvgIpc) is 2.38. The summed E-state index contributed by atoms with van der Waals surface area (Å²) in [6, 6.07) is 13.9. The first kappa shape index (κ1) is 11.9. The standard InChI is InChI=1S/C14H12BrNO/c15-13-9-4-10-16-14(13)17-11-5-8-12-6-2-1-3-7-12/h1-10H,11H2. The molecule has 0 atom stereocenters. The highest BCUT2D eigenvalue weighted by Gasteiger charge is 1.98. The van der Waals surface area contributed by atoms with Crippen molar-refractivity contribution in [1.29, 1.82) is 0 Å². The first-order chi connectivity index (χ1) is 8.36. The van der Waals surface area contributed by atoms with Crippen LogP contribution < -0.4 is 4.74 Å². The minimum atomic E-state index is 0.504. The topological polar surface area (TPSA) is 22.1 Å². The van der Waals surface area contributed by atoms with Crippen molar-refractivity contribution in [3.63, 3.8) is 0 Å². The summed E-state index contributed by atoms with van der Waals surface area (Å²) in [5.41, 5.74) is 1.16. The molecule has 0 aliphatic rings. The van der Waals surface area contributed by atoms with Crippen LogP contribution in [0.1, 0.15) is 5.56 Å². The van der Waals surface area contributed by atoms with Gasteiger partial charge in [-0.25, -0.2) is 4.98 Å². The van der Waals surface area contributed by atoms with Crippen LogP contribution in [0.15, 0.2) is 59.2 Å². The Labute approximate surface area is 109 Å². The number of rotatable bonds is 4. The molecule has 2 aromatic rings. The molecule has 0 N–H and O–H groups in total. The number of benzene rings is 1. The fourth-order valence-electron chi connectivity index (χ4n) is 1.35. The van der Waals surface area contributed by atoms with E-state index in [1.807, 2.05) is 54.6 Å². The molecule has 0 aliphatic heterocycles. The lowest BCUT2D eigenvalue weighted by Crippen LogP contribution is -1.96. The Balaban J connectivity index is 1.88. The maximum atomic E-state index is 5.51. The molecular formula is C14H12BrNO. The molecule has 0 saturated carbocycles. The zero-order chi connectivity index (χ0) is 11.9. The Morgan fingerprint density at radius 3 is 2.71 bits per heavy atom. The fraction of sp³-hybridized carbons (Fsp3) is 0.0714. The zero-order valence-corrected chi connectivity index (χ0v) is 10.8. The molecule has 86 valence electrons. The van der Waals surface area contributed by atoms with Crippen molar-refractivity contribution in [2.45, 2.75) is 0 Å². The van der Waals surface area contributed by atoms with Crippen molar-refractivity contribution in [2.24, 2.45) is 0 Å². The van der Waals surface area contributed by atoms with E-state index in [0.29, 0.717) is 12.5 Å². The van der Waals surface area contributed by atoms with E-state index in [-0.39, 0.29) is 0 Å². The quantitative estimate of drug-likeness (QED) is 0.851. The normalized spacial score (nSPS) is 10.6. The molecule has 0 radical (unpaired) electrons. The van der Waals surface area contributed by atoms with Crippen LogP contribution in [0.3, 0.4) is 0 Å². The van der Waals surface area contributed by atoms with E-state index >= 15 is 0 Å². The highest BCUT2D eigenvalue weighted by molar-refractivity contribution is 9.10. The minimum absolute atomic E-state index is 0.504. The van der Waals surface area contributed by atoms with Gasteiger partial charge in [-0.1, -0.05) is 36.4 Å². The average molecular weight is 290 g/mol. The van der Waals surface area contributed by atoms with Crippen LogP contribution in [0.2, 0.25) is 0 Å². The summed E-state index contributed by atoms with van der Waals surface area (Å²) in [7, 11) is 0. The van der Waals surface area contributed by atoms with Gasteiger partial charge < -0.3 is 4.74 Å². The Hall–Kier alpha value is -1.61. The van der Waals surface area contributed by atoms with Gasteiger partial charge in [0.15, 0.2) is 0 Å². The summed E-state index contributed by atoms with van der Waals surface area (Å²) in [6.07, 6.45) is 5.70. The first-order valence-electron chi connectivity index (χ1n) is 5.31. The van der Waals surface area contributed by atoms with E-state index in [1.165, 1.54) is 0 Å². The van der Waals surface area contributed by atoms with Crippen molar-refractivity contribution in [2.75, 3.05) is 6.61 Å². The Morgan fingerprint density at radius 1 is 1.12 bits per heavy atom. The molecule has 0 bridgehead atoms. The predicted octanol–water partition coefficient (Wildman–Crippen LogP) is 3.94. The van der Waals surface area contributed by atoms with E-state index in [9.17, 15) is 0 Å². The lowest BCUT2D eigenvalue weighted by Gasteiger charge is -2.03. The molecule has 1 heterocycles. The summed E-state index contributed by atoms with van der Waals surface area (Å²) in [6.45, 7) is 0.504. The number of pyridine rings is 1. The molecule has 2 rings (SSSR count). The van der Waals surface area contributed by atoms with Crippen LogP contribution in [0.5, 0.6) is 5.88 Å². The second kappa shape index (κ2) is 6.21. The largest absolute Gasteiger partial charge is 0.473 e. The predicted molar refractivity (Wildman–Crippen MR) is 72.9 cm³/mol. The third-order valence-electron chi connectivity index (χ3n) is 2.15. The van der Waals surface area contributed by atoms with Gasteiger partial charge in [-0.3, -0.25) is 0 Å². The van der Waals surface area contributed by atoms with Crippen LogP contribution in [0.25, 0.3) is 6.08 Å². The van der Waals surface area contributed by atoms with Crippen LogP contribution in [-0.4, -0.2) is 11.6 Å². The van der Waals surface area contributed by atoms with Gasteiger partial charge in [0, 0.05) is 6.20 Å². The third-order valence-corrected chi connectivity index (χ3v) is 2.75. The second-order valence-electron chi connectivity index (χ2n) is 3.41. The van der Waals surface area contributed by atoms with E-state index in [1.54, 1.807) is 6.20 Å². The summed E-state index contributed by atoms with van der Waals surface area (Å²) < 4.78 is 6.38. The van der Waals surface area contributed by atoms with Crippen LogP contribution in [0.4, 0.5) is 0 Å². The number of nitrogens with zero attached hydrogens (tertiary/aromatic N) is 1. The van der Waals surface area contributed by atoms with Crippen molar-refractivity contribution >= 4 is 22.0 Å². The second-order valence-corrected chi connectivity index (χ2v) is 4.27. The molecule has 0 saturated heterocycles. The van der Waals surface area contributed by atoms with Gasteiger partial charge >= 0.3 is 0 Å². The van der Waals surface area contributed by atoms with Gasteiger partial charge in [0.05, 0.1) is 4.47 Å². The molecule has 3 heteroatoms. The van der Waals surface area contributed by atoms with Crippen molar-refractivity contribution in [3.05, 3.63) is 64.8 Å². The van der Waals surface area contributed by atoms with Gasteiger partial charge in [-0.2, -0.15) is 0 Å². The first-order valence-corrected chi connectivity index (χ1v) is 6.10. The van der Waals surface area contributed by atoms with Crippen molar-refractivity contribution in [3.8, 4) is 5.88 Å². The smallest absolute Gasteiger partial charge is 0.228 e. The van der Waals surface area contributed by atoms with Gasteiger partial charge in [0.25, 0.3) is 0 Å². The molecule has 0 unspecified atom stereocenters. The molecule has 2 nitrogen and oxygen atoms in total. The lowest BCUT2D eigenvalue weighted by atomic mass is 10.2. The number of aromatic nitrogens is 1. The molecule has 17 heavy (non-hydrogen) atoms. The van der Waals surface area contributed by atoms with E-state index in [4.69, 9.17) is 4.74 Å². The summed E-state index contributed by atoms with van der Waals surface area (Å²) in [5, 5.41) is 0. The Kier molecular flexibility index (Phi) is 4.33. The Bertz CT molecular complexity index is 497. The number of hydrogen-bond donors (Lipinski definition) is 0. The van der Waals surface area contributed by atoms with E-state index in [2.05, 4.69) is 20.9 Å². The molecule has 0 spiro atoms. The minimum Gasteiger partial charge on any atom is -0.473 e. The van der Waals surface area contributed by atoms with Crippen molar-refractivity contribution in [1.82, 2.24) is 4.98 Å². The molecular weight excluding hydrogens is 278 g/mol. The Morgan fingerprint density at radius 2 is 1.94 bits per heavy atom.